The maximum absolute atomic E-state index is 12.5. The Hall–Kier alpha value is -2.67. The molecule has 2 saturated heterocycles. The number of carbonyl (C=O) groups is 2. The summed E-state index contributed by atoms with van der Waals surface area (Å²) in [6.07, 6.45) is 2.59. The van der Waals surface area contributed by atoms with Crippen LogP contribution >= 0.6 is 0 Å². The molecular weight excluding hydrogens is 414 g/mol. The molecule has 0 bridgehead atoms. The first-order valence-electron chi connectivity index (χ1n) is 12.4. The number of likely N-dealkylation sites (tertiary alicyclic amines) is 1. The second-order valence-electron chi connectivity index (χ2n) is 9.56. The number of nitrogens with one attached hydrogen (secondary N) is 1. The number of anilines is 2. The molecule has 1 N–H and O–H groups in total. The van der Waals surface area contributed by atoms with Crippen LogP contribution in [0.1, 0.15) is 45.1 Å². The van der Waals surface area contributed by atoms with E-state index in [1.54, 1.807) is 0 Å². The van der Waals surface area contributed by atoms with Crippen molar-refractivity contribution in [2.45, 2.75) is 46.5 Å². The van der Waals surface area contributed by atoms with Crippen molar-refractivity contribution in [3.8, 4) is 0 Å². The Labute approximate surface area is 197 Å². The molecule has 0 saturated carbocycles. The minimum absolute atomic E-state index is 0.0860. The molecule has 3 heterocycles. The Bertz CT molecular complexity index is 992. The van der Waals surface area contributed by atoms with E-state index in [0.717, 1.165) is 86.6 Å². The van der Waals surface area contributed by atoms with Gasteiger partial charge in [0.05, 0.1) is 5.52 Å². The summed E-state index contributed by atoms with van der Waals surface area (Å²) in [6, 6.07) is 8.01. The summed E-state index contributed by atoms with van der Waals surface area (Å²) in [5, 5.41) is 4.01. The molecule has 0 spiro atoms. The normalized spacial score (nSPS) is 18.0. The number of pyridine rings is 1. The van der Waals surface area contributed by atoms with E-state index in [2.05, 4.69) is 42.0 Å². The van der Waals surface area contributed by atoms with Crippen LogP contribution in [0.15, 0.2) is 24.3 Å². The van der Waals surface area contributed by atoms with Crippen LogP contribution in [0, 0.1) is 12.8 Å². The second kappa shape index (κ2) is 10.5. The number of carbonyl (C=O) groups excluding carboxylic acids is 2. The highest BCUT2D eigenvalue weighted by atomic mass is 16.2. The number of piperidine rings is 1. The highest BCUT2D eigenvalue weighted by molar-refractivity contribution is 5.96. The summed E-state index contributed by atoms with van der Waals surface area (Å²) in [7, 11) is 0. The Kier molecular flexibility index (Phi) is 7.48. The molecule has 0 unspecified atom stereocenters. The minimum Gasteiger partial charge on any atom is -0.354 e. The summed E-state index contributed by atoms with van der Waals surface area (Å²) in [6.45, 7) is 13.4. The molecule has 7 heteroatoms. The number of fused-ring (bicyclic) bond motifs is 1. The number of hydrogen-bond acceptors (Lipinski definition) is 5. The topological polar surface area (TPSA) is 68.8 Å². The lowest BCUT2D eigenvalue weighted by molar-refractivity contribution is -0.134. The van der Waals surface area contributed by atoms with Gasteiger partial charge in [-0.3, -0.25) is 9.59 Å². The lowest BCUT2D eigenvalue weighted by Crippen LogP contribution is -2.46. The van der Waals surface area contributed by atoms with Gasteiger partial charge >= 0.3 is 0 Å². The number of likely N-dealkylation sites (N-methyl/N-ethyl adjacent to an activating group) is 1. The van der Waals surface area contributed by atoms with Gasteiger partial charge in [0.2, 0.25) is 11.8 Å². The number of aromatic nitrogens is 1. The lowest BCUT2D eigenvalue weighted by atomic mass is 9.99. The fourth-order valence-electron chi connectivity index (χ4n) is 4.77. The van der Waals surface area contributed by atoms with Crippen LogP contribution in [0.3, 0.4) is 0 Å². The molecule has 1 aromatic carbocycles. The predicted molar refractivity (Wildman–Crippen MR) is 134 cm³/mol. The zero-order valence-electron chi connectivity index (χ0n) is 20.3. The number of nitrogens with zero attached hydrogens (tertiary/aromatic N) is 4. The van der Waals surface area contributed by atoms with Crippen molar-refractivity contribution in [1.82, 2.24) is 14.8 Å². The van der Waals surface area contributed by atoms with E-state index < -0.39 is 0 Å². The van der Waals surface area contributed by atoms with Crippen LogP contribution < -0.4 is 10.2 Å². The zero-order valence-corrected chi connectivity index (χ0v) is 20.3. The Morgan fingerprint density at radius 3 is 2.45 bits per heavy atom. The minimum atomic E-state index is -0.121. The summed E-state index contributed by atoms with van der Waals surface area (Å²) >= 11 is 0. The van der Waals surface area contributed by atoms with Gasteiger partial charge in [0.1, 0.15) is 5.82 Å². The van der Waals surface area contributed by atoms with Crippen LogP contribution in [-0.4, -0.2) is 72.4 Å². The van der Waals surface area contributed by atoms with E-state index in [-0.39, 0.29) is 24.7 Å². The van der Waals surface area contributed by atoms with Crippen molar-refractivity contribution in [3.63, 3.8) is 0 Å². The summed E-state index contributed by atoms with van der Waals surface area (Å²) in [5.41, 5.74) is 2.84. The highest BCUT2D eigenvalue weighted by Gasteiger charge is 2.21. The first-order valence-corrected chi connectivity index (χ1v) is 12.4. The smallest absolute Gasteiger partial charge is 0.224 e. The first kappa shape index (κ1) is 23.5. The molecule has 2 amide bonds. The fraction of sp³-hybridized carbons (Fsp3) is 0.577. The average molecular weight is 452 g/mol. The molecule has 2 aliphatic rings. The van der Waals surface area contributed by atoms with Crippen molar-refractivity contribution in [2.75, 3.05) is 56.0 Å². The van der Waals surface area contributed by atoms with Gasteiger partial charge in [0.25, 0.3) is 0 Å². The Morgan fingerprint density at radius 2 is 1.76 bits per heavy atom. The SMILES string of the molecule is CCN1CCN(c2cc(C)c3cc(NC(=O)CCC(=O)N4CCC(C)CC4)ccc3n2)CC1. The van der Waals surface area contributed by atoms with Crippen molar-refractivity contribution < 1.29 is 9.59 Å². The monoisotopic (exact) mass is 451 g/mol. The van der Waals surface area contributed by atoms with Crippen LogP contribution in [0.2, 0.25) is 0 Å². The number of piperazine rings is 1. The molecule has 2 aromatic rings. The van der Waals surface area contributed by atoms with E-state index in [1.165, 1.54) is 0 Å². The van der Waals surface area contributed by atoms with Crippen molar-refractivity contribution in [2.24, 2.45) is 5.92 Å². The van der Waals surface area contributed by atoms with Gasteiger partial charge in [-0.25, -0.2) is 4.98 Å². The van der Waals surface area contributed by atoms with E-state index in [9.17, 15) is 9.59 Å². The standard InChI is InChI=1S/C26H37N5O2/c1-4-29-13-15-30(16-14-29)24-17-20(3)22-18-21(5-6-23(22)28-24)27-25(32)7-8-26(33)31-11-9-19(2)10-12-31/h5-6,17-19H,4,7-16H2,1-3H3,(H,27,32). The molecule has 7 nitrogen and oxygen atoms in total. The third kappa shape index (κ3) is 5.82. The molecule has 1 aromatic heterocycles. The van der Waals surface area contributed by atoms with E-state index in [0.29, 0.717) is 5.92 Å². The van der Waals surface area contributed by atoms with Gasteiger partial charge in [-0.15, -0.1) is 0 Å². The number of amides is 2. The third-order valence-corrected chi connectivity index (χ3v) is 7.13. The van der Waals surface area contributed by atoms with Crippen molar-refractivity contribution >= 4 is 34.2 Å². The lowest BCUT2D eigenvalue weighted by Gasteiger charge is -2.35. The summed E-state index contributed by atoms with van der Waals surface area (Å²) in [5.74, 6) is 1.68. The highest BCUT2D eigenvalue weighted by Crippen LogP contribution is 2.26. The molecule has 0 radical (unpaired) electrons. The van der Waals surface area contributed by atoms with Gasteiger partial charge in [-0.1, -0.05) is 13.8 Å². The molecule has 2 aliphatic heterocycles. The molecular formula is C26H37N5O2. The number of rotatable bonds is 6. The Morgan fingerprint density at radius 1 is 1.03 bits per heavy atom. The van der Waals surface area contributed by atoms with Gasteiger partial charge in [-0.05, 0) is 62.1 Å². The van der Waals surface area contributed by atoms with E-state index >= 15 is 0 Å². The van der Waals surface area contributed by atoms with Gasteiger partial charge in [0, 0.05) is 63.2 Å². The zero-order chi connectivity index (χ0) is 23.4. The summed E-state index contributed by atoms with van der Waals surface area (Å²) in [4.78, 5) is 36.5. The maximum atomic E-state index is 12.5. The maximum Gasteiger partial charge on any atom is 0.224 e. The quantitative estimate of drug-likeness (QED) is 0.726. The molecule has 2 fully saturated rings. The number of aryl methyl sites for hydroxylation is 1. The van der Waals surface area contributed by atoms with Crippen molar-refractivity contribution in [1.29, 1.82) is 0 Å². The predicted octanol–water partition coefficient (Wildman–Crippen LogP) is 3.66. The van der Waals surface area contributed by atoms with Gasteiger partial charge in [0.15, 0.2) is 0 Å². The first-order chi connectivity index (χ1) is 15.9. The largest absolute Gasteiger partial charge is 0.354 e. The Balaban J connectivity index is 1.35. The van der Waals surface area contributed by atoms with Gasteiger partial charge < -0.3 is 20.0 Å². The molecule has 4 rings (SSSR count). The van der Waals surface area contributed by atoms with E-state index in [4.69, 9.17) is 4.98 Å². The fourth-order valence-corrected chi connectivity index (χ4v) is 4.77. The van der Waals surface area contributed by atoms with Crippen LogP contribution in [-0.2, 0) is 9.59 Å². The average Bonchev–Trinajstić information content (AvgIpc) is 2.83. The van der Waals surface area contributed by atoms with Crippen LogP contribution in [0.5, 0.6) is 0 Å². The molecule has 33 heavy (non-hydrogen) atoms. The van der Waals surface area contributed by atoms with Crippen LogP contribution in [0.4, 0.5) is 11.5 Å². The molecule has 0 atom stereocenters. The second-order valence-corrected chi connectivity index (χ2v) is 9.56. The number of benzene rings is 1. The van der Waals surface area contributed by atoms with Gasteiger partial charge in [-0.2, -0.15) is 0 Å². The molecule has 178 valence electrons. The molecule has 0 aliphatic carbocycles. The summed E-state index contributed by atoms with van der Waals surface area (Å²) < 4.78 is 0. The van der Waals surface area contributed by atoms with Crippen LogP contribution in [0.25, 0.3) is 10.9 Å². The van der Waals surface area contributed by atoms with E-state index in [1.807, 2.05) is 23.1 Å². The number of hydrogen-bond donors (Lipinski definition) is 1. The van der Waals surface area contributed by atoms with Crippen molar-refractivity contribution in [3.05, 3.63) is 29.8 Å². The third-order valence-electron chi connectivity index (χ3n) is 7.13.